The predicted octanol–water partition coefficient (Wildman–Crippen LogP) is 1.79. The van der Waals surface area contributed by atoms with Gasteiger partial charge in [0.2, 0.25) is 0 Å². The molecule has 0 bridgehead atoms. The Bertz CT molecular complexity index is 295. The van der Waals surface area contributed by atoms with Crippen molar-refractivity contribution in [3.63, 3.8) is 0 Å². The number of hydrogen-bond acceptors (Lipinski definition) is 5. The molecule has 0 spiro atoms. The molecule has 3 N–H and O–H groups in total. The highest BCUT2D eigenvalue weighted by atomic mass is 16.5. The molecular weight excluding hydrogens is 284 g/mol. The third kappa shape index (κ3) is 7.70. The lowest BCUT2D eigenvalue weighted by Crippen LogP contribution is -2.40. The molecule has 0 aliphatic carbocycles. The van der Waals surface area contributed by atoms with E-state index in [1.807, 2.05) is 0 Å². The summed E-state index contributed by atoms with van der Waals surface area (Å²) >= 11 is 0. The number of hydrogen-bond donors (Lipinski definition) is 3. The largest absolute Gasteiger partial charge is 0.388 e. The fourth-order valence-corrected chi connectivity index (χ4v) is 2.49. The average molecular weight is 316 g/mol. The van der Waals surface area contributed by atoms with E-state index in [-0.39, 0.29) is 13.2 Å². The van der Waals surface area contributed by atoms with Crippen LogP contribution in [0.5, 0.6) is 0 Å². The van der Waals surface area contributed by atoms with E-state index >= 15 is 0 Å². The van der Waals surface area contributed by atoms with Crippen LogP contribution in [0, 0.1) is 0 Å². The molecule has 0 saturated carbocycles. The van der Waals surface area contributed by atoms with Crippen molar-refractivity contribution < 1.29 is 24.8 Å². The third-order valence-electron chi connectivity index (χ3n) is 3.91. The van der Waals surface area contributed by atoms with Crippen LogP contribution in [-0.4, -0.2) is 59.6 Å². The summed E-state index contributed by atoms with van der Waals surface area (Å²) in [6, 6.07) is 0. The lowest BCUT2D eigenvalue weighted by Gasteiger charge is -2.20. The van der Waals surface area contributed by atoms with E-state index < -0.39 is 24.4 Å². The number of aliphatic hydroxyl groups is 3. The van der Waals surface area contributed by atoms with Gasteiger partial charge in [-0.15, -0.1) is 0 Å². The van der Waals surface area contributed by atoms with Gasteiger partial charge in [-0.05, 0) is 25.7 Å². The van der Waals surface area contributed by atoms with Crippen molar-refractivity contribution in [3.05, 3.63) is 12.2 Å². The molecule has 0 amide bonds. The van der Waals surface area contributed by atoms with E-state index in [0.717, 1.165) is 19.3 Å². The summed E-state index contributed by atoms with van der Waals surface area (Å²) in [5.41, 5.74) is 0. The van der Waals surface area contributed by atoms with E-state index in [1.165, 1.54) is 25.7 Å². The fourth-order valence-electron chi connectivity index (χ4n) is 2.49. The SMILES string of the molecule is CCCCCC/C=C/CCCOC[C@@H](O)[C@@H]1OC[C@H](O)[C@@H]1O. The molecule has 1 fully saturated rings. The van der Waals surface area contributed by atoms with Gasteiger partial charge < -0.3 is 24.8 Å². The standard InChI is InChI=1S/C17H32O5/c1-2-3-4-5-6-7-8-9-10-11-21-12-15(19)17-16(20)14(18)13-22-17/h7-8,14-20H,2-6,9-13H2,1H3/b8-7+/t14-,15+,16-,17-/m0/s1. The average Bonchev–Trinajstić information content (AvgIpc) is 2.84. The van der Waals surface area contributed by atoms with Crippen molar-refractivity contribution in [2.24, 2.45) is 0 Å². The molecule has 22 heavy (non-hydrogen) atoms. The van der Waals surface area contributed by atoms with Crippen molar-refractivity contribution in [1.82, 2.24) is 0 Å². The molecule has 0 aromatic heterocycles. The van der Waals surface area contributed by atoms with Gasteiger partial charge in [-0.2, -0.15) is 0 Å². The normalized spacial score (nSPS) is 26.8. The van der Waals surface area contributed by atoms with Gasteiger partial charge in [-0.25, -0.2) is 0 Å². The third-order valence-corrected chi connectivity index (χ3v) is 3.91. The van der Waals surface area contributed by atoms with Gasteiger partial charge in [-0.1, -0.05) is 38.3 Å². The Labute approximate surface area is 133 Å². The number of allylic oxidation sites excluding steroid dienone is 2. The Morgan fingerprint density at radius 1 is 1.14 bits per heavy atom. The minimum absolute atomic E-state index is 0.0615. The van der Waals surface area contributed by atoms with E-state index in [9.17, 15) is 15.3 Å². The summed E-state index contributed by atoms with van der Waals surface area (Å²) in [5.74, 6) is 0. The summed E-state index contributed by atoms with van der Waals surface area (Å²) in [5, 5.41) is 28.8. The Kier molecular flexibility index (Phi) is 10.7. The van der Waals surface area contributed by atoms with E-state index in [4.69, 9.17) is 9.47 Å². The van der Waals surface area contributed by atoms with E-state index in [2.05, 4.69) is 19.1 Å². The van der Waals surface area contributed by atoms with Crippen LogP contribution >= 0.6 is 0 Å². The van der Waals surface area contributed by atoms with Crippen LogP contribution in [0.1, 0.15) is 51.9 Å². The van der Waals surface area contributed by atoms with Crippen molar-refractivity contribution in [2.45, 2.75) is 76.3 Å². The van der Waals surface area contributed by atoms with Crippen molar-refractivity contribution in [2.75, 3.05) is 19.8 Å². The minimum Gasteiger partial charge on any atom is -0.388 e. The van der Waals surface area contributed by atoms with Gasteiger partial charge >= 0.3 is 0 Å². The zero-order valence-corrected chi connectivity index (χ0v) is 13.7. The quantitative estimate of drug-likeness (QED) is 0.378. The van der Waals surface area contributed by atoms with Crippen LogP contribution in [0.2, 0.25) is 0 Å². The van der Waals surface area contributed by atoms with Crippen molar-refractivity contribution >= 4 is 0 Å². The van der Waals surface area contributed by atoms with Gasteiger partial charge in [0.25, 0.3) is 0 Å². The highest BCUT2D eigenvalue weighted by Gasteiger charge is 2.39. The first-order chi connectivity index (χ1) is 10.7. The molecule has 0 aromatic rings. The second kappa shape index (κ2) is 12.0. The van der Waals surface area contributed by atoms with E-state index in [1.54, 1.807) is 0 Å². The summed E-state index contributed by atoms with van der Waals surface area (Å²) in [6.45, 7) is 2.97. The number of aliphatic hydroxyl groups excluding tert-OH is 3. The lowest BCUT2D eigenvalue weighted by molar-refractivity contribution is -0.0811. The van der Waals surface area contributed by atoms with Gasteiger partial charge in [0.15, 0.2) is 0 Å². The van der Waals surface area contributed by atoms with Crippen molar-refractivity contribution in [1.29, 1.82) is 0 Å². The molecule has 1 heterocycles. The molecule has 1 aliphatic rings. The summed E-state index contributed by atoms with van der Waals surface area (Å²) in [6.07, 6.45) is 9.03. The first-order valence-corrected chi connectivity index (χ1v) is 8.55. The van der Waals surface area contributed by atoms with Crippen LogP contribution < -0.4 is 0 Å². The Morgan fingerprint density at radius 3 is 2.50 bits per heavy atom. The minimum atomic E-state index is -1.03. The lowest BCUT2D eigenvalue weighted by atomic mass is 10.1. The summed E-state index contributed by atoms with van der Waals surface area (Å²) in [4.78, 5) is 0. The molecule has 1 aliphatic heterocycles. The van der Waals surface area contributed by atoms with Crippen LogP contribution in [0.15, 0.2) is 12.2 Å². The number of ether oxygens (including phenoxy) is 2. The van der Waals surface area contributed by atoms with Crippen molar-refractivity contribution in [3.8, 4) is 0 Å². The summed E-state index contributed by atoms with van der Waals surface area (Å²) in [7, 11) is 0. The van der Waals surface area contributed by atoms with Crippen LogP contribution in [0.25, 0.3) is 0 Å². The van der Waals surface area contributed by atoms with Crippen LogP contribution in [-0.2, 0) is 9.47 Å². The predicted molar refractivity (Wildman–Crippen MR) is 85.7 cm³/mol. The van der Waals surface area contributed by atoms with Gasteiger partial charge in [-0.3, -0.25) is 0 Å². The molecular formula is C17H32O5. The van der Waals surface area contributed by atoms with Crippen LogP contribution in [0.4, 0.5) is 0 Å². The second-order valence-corrected chi connectivity index (χ2v) is 5.96. The Hall–Kier alpha value is -0.460. The van der Waals surface area contributed by atoms with Gasteiger partial charge in [0.05, 0.1) is 13.2 Å². The molecule has 130 valence electrons. The zero-order chi connectivity index (χ0) is 16.2. The number of unbranched alkanes of at least 4 members (excludes halogenated alkanes) is 5. The maximum Gasteiger partial charge on any atom is 0.114 e. The topological polar surface area (TPSA) is 79.2 Å². The molecule has 4 atom stereocenters. The Balaban J connectivity index is 1.94. The molecule has 1 rings (SSSR count). The second-order valence-electron chi connectivity index (χ2n) is 5.96. The van der Waals surface area contributed by atoms with Crippen LogP contribution in [0.3, 0.4) is 0 Å². The molecule has 1 saturated heterocycles. The maximum absolute atomic E-state index is 9.85. The molecule has 0 radical (unpaired) electrons. The molecule has 5 heteroatoms. The fraction of sp³-hybridized carbons (Fsp3) is 0.882. The molecule has 0 aromatic carbocycles. The Morgan fingerprint density at radius 2 is 1.86 bits per heavy atom. The highest BCUT2D eigenvalue weighted by molar-refractivity contribution is 4.87. The number of rotatable bonds is 12. The summed E-state index contributed by atoms with van der Waals surface area (Å²) < 4.78 is 10.5. The van der Waals surface area contributed by atoms with E-state index in [0.29, 0.717) is 6.61 Å². The highest BCUT2D eigenvalue weighted by Crippen LogP contribution is 2.17. The monoisotopic (exact) mass is 316 g/mol. The maximum atomic E-state index is 9.85. The first-order valence-electron chi connectivity index (χ1n) is 8.55. The first kappa shape index (κ1) is 19.6. The van der Waals surface area contributed by atoms with Gasteiger partial charge in [0.1, 0.15) is 24.4 Å². The molecule has 5 nitrogen and oxygen atoms in total. The van der Waals surface area contributed by atoms with Gasteiger partial charge in [0, 0.05) is 6.61 Å². The molecule has 0 unspecified atom stereocenters. The smallest absolute Gasteiger partial charge is 0.114 e. The zero-order valence-electron chi connectivity index (χ0n) is 13.7.